The first-order valence-electron chi connectivity index (χ1n) is 5.43. The van der Waals surface area contributed by atoms with Crippen molar-refractivity contribution in [3.63, 3.8) is 0 Å². The van der Waals surface area contributed by atoms with Crippen LogP contribution in [-0.4, -0.2) is 15.8 Å². The number of para-hydroxylation sites is 1. The molecular formula is C13H20O2. The second-order valence-corrected chi connectivity index (χ2v) is 4.64. The zero-order valence-corrected chi connectivity index (χ0v) is 9.70. The molecule has 0 aliphatic rings. The summed E-state index contributed by atoms with van der Waals surface area (Å²) in [6, 6.07) is 7.28. The van der Waals surface area contributed by atoms with E-state index in [0.29, 0.717) is 18.6 Å². The molecule has 0 spiro atoms. The Morgan fingerprint density at radius 1 is 1.27 bits per heavy atom. The molecule has 0 aliphatic carbocycles. The lowest BCUT2D eigenvalue weighted by atomic mass is 9.86. The van der Waals surface area contributed by atoms with Crippen LogP contribution in [0.15, 0.2) is 24.3 Å². The predicted molar refractivity (Wildman–Crippen MR) is 61.9 cm³/mol. The van der Waals surface area contributed by atoms with Crippen molar-refractivity contribution in [2.75, 3.05) is 0 Å². The molecule has 0 radical (unpaired) electrons. The molecule has 0 aromatic heterocycles. The molecule has 1 rings (SSSR count). The fraction of sp³-hybridized carbons (Fsp3) is 0.538. The molecular weight excluding hydrogens is 188 g/mol. The van der Waals surface area contributed by atoms with E-state index in [1.807, 2.05) is 32.9 Å². The SMILES string of the molecule is CC(C)C(C)(O)CCc1ccccc1O. The van der Waals surface area contributed by atoms with E-state index in [1.165, 1.54) is 0 Å². The Kier molecular flexibility index (Phi) is 3.75. The summed E-state index contributed by atoms with van der Waals surface area (Å²) >= 11 is 0. The van der Waals surface area contributed by atoms with Crippen LogP contribution in [0.2, 0.25) is 0 Å². The molecule has 0 bridgehead atoms. The second kappa shape index (κ2) is 4.67. The summed E-state index contributed by atoms with van der Waals surface area (Å²) in [5.74, 6) is 0.542. The number of hydrogen-bond donors (Lipinski definition) is 2. The van der Waals surface area contributed by atoms with Crippen molar-refractivity contribution in [1.29, 1.82) is 0 Å². The van der Waals surface area contributed by atoms with Crippen molar-refractivity contribution < 1.29 is 10.2 Å². The van der Waals surface area contributed by atoms with E-state index >= 15 is 0 Å². The molecule has 0 fully saturated rings. The third-order valence-electron chi connectivity index (χ3n) is 3.14. The number of phenolic OH excluding ortho intramolecular Hbond substituents is 1. The number of rotatable bonds is 4. The zero-order valence-electron chi connectivity index (χ0n) is 9.70. The maximum Gasteiger partial charge on any atom is 0.118 e. The van der Waals surface area contributed by atoms with Gasteiger partial charge in [-0.1, -0.05) is 32.0 Å². The molecule has 1 unspecified atom stereocenters. The Labute approximate surface area is 91.6 Å². The summed E-state index contributed by atoms with van der Waals surface area (Å²) in [6.07, 6.45) is 1.38. The normalized spacial score (nSPS) is 15.3. The summed E-state index contributed by atoms with van der Waals surface area (Å²) in [4.78, 5) is 0. The van der Waals surface area contributed by atoms with Gasteiger partial charge in [0, 0.05) is 0 Å². The third kappa shape index (κ3) is 3.24. The highest BCUT2D eigenvalue weighted by atomic mass is 16.3. The molecule has 1 aromatic rings. The van der Waals surface area contributed by atoms with Gasteiger partial charge >= 0.3 is 0 Å². The minimum atomic E-state index is -0.664. The average Bonchev–Trinajstić information content (AvgIpc) is 2.16. The van der Waals surface area contributed by atoms with Crippen molar-refractivity contribution in [3.8, 4) is 5.75 Å². The molecule has 1 aromatic carbocycles. The van der Waals surface area contributed by atoms with E-state index in [-0.39, 0.29) is 5.92 Å². The van der Waals surface area contributed by atoms with E-state index in [1.54, 1.807) is 12.1 Å². The molecule has 1 atom stereocenters. The molecule has 15 heavy (non-hydrogen) atoms. The quantitative estimate of drug-likeness (QED) is 0.798. The standard InChI is InChI=1S/C13H20O2/c1-10(2)13(3,15)9-8-11-6-4-5-7-12(11)14/h4-7,10,14-15H,8-9H2,1-3H3. The van der Waals surface area contributed by atoms with Crippen LogP contribution in [0.1, 0.15) is 32.8 Å². The highest BCUT2D eigenvalue weighted by Crippen LogP contribution is 2.25. The molecule has 0 heterocycles. The van der Waals surface area contributed by atoms with Crippen LogP contribution in [0.4, 0.5) is 0 Å². The van der Waals surface area contributed by atoms with Gasteiger partial charge in [-0.15, -0.1) is 0 Å². The number of benzene rings is 1. The average molecular weight is 208 g/mol. The van der Waals surface area contributed by atoms with E-state index in [4.69, 9.17) is 0 Å². The fourth-order valence-corrected chi connectivity index (χ4v) is 1.40. The highest BCUT2D eigenvalue weighted by molar-refractivity contribution is 5.31. The minimum absolute atomic E-state index is 0.225. The molecule has 84 valence electrons. The minimum Gasteiger partial charge on any atom is -0.508 e. The maximum absolute atomic E-state index is 10.1. The molecule has 0 saturated carbocycles. The van der Waals surface area contributed by atoms with E-state index in [0.717, 1.165) is 5.56 Å². The molecule has 0 aliphatic heterocycles. The highest BCUT2D eigenvalue weighted by Gasteiger charge is 2.24. The topological polar surface area (TPSA) is 40.5 Å². The molecule has 0 saturated heterocycles. The van der Waals surface area contributed by atoms with Crippen LogP contribution in [-0.2, 0) is 6.42 Å². The summed E-state index contributed by atoms with van der Waals surface area (Å²) in [5, 5.41) is 19.6. The smallest absolute Gasteiger partial charge is 0.118 e. The summed E-state index contributed by atoms with van der Waals surface area (Å²) in [7, 11) is 0. The lowest BCUT2D eigenvalue weighted by Crippen LogP contribution is -2.31. The summed E-state index contributed by atoms with van der Waals surface area (Å²) in [6.45, 7) is 5.85. The monoisotopic (exact) mass is 208 g/mol. The Bertz CT molecular complexity index is 316. The predicted octanol–water partition coefficient (Wildman–Crippen LogP) is 2.73. The Hall–Kier alpha value is -1.02. The Morgan fingerprint density at radius 3 is 2.40 bits per heavy atom. The lowest BCUT2D eigenvalue weighted by Gasteiger charge is -2.27. The van der Waals surface area contributed by atoms with Crippen LogP contribution < -0.4 is 0 Å². The van der Waals surface area contributed by atoms with E-state index in [2.05, 4.69) is 0 Å². The van der Waals surface area contributed by atoms with Crippen LogP contribution in [0.5, 0.6) is 5.75 Å². The number of aromatic hydroxyl groups is 1. The zero-order chi connectivity index (χ0) is 11.5. The van der Waals surface area contributed by atoms with E-state index < -0.39 is 5.60 Å². The Balaban J connectivity index is 2.62. The summed E-state index contributed by atoms with van der Waals surface area (Å²) < 4.78 is 0. The molecule has 2 nitrogen and oxygen atoms in total. The number of hydrogen-bond acceptors (Lipinski definition) is 2. The van der Waals surface area contributed by atoms with Crippen LogP contribution in [0, 0.1) is 5.92 Å². The van der Waals surface area contributed by atoms with Gasteiger partial charge in [0.25, 0.3) is 0 Å². The number of phenols is 1. The molecule has 2 heteroatoms. The maximum atomic E-state index is 10.1. The molecule has 0 amide bonds. The number of aryl methyl sites for hydroxylation is 1. The largest absolute Gasteiger partial charge is 0.508 e. The van der Waals surface area contributed by atoms with E-state index in [9.17, 15) is 10.2 Å². The molecule has 2 N–H and O–H groups in total. The van der Waals surface area contributed by atoms with Gasteiger partial charge in [-0.2, -0.15) is 0 Å². The van der Waals surface area contributed by atoms with Crippen molar-refractivity contribution in [2.24, 2.45) is 5.92 Å². The van der Waals surface area contributed by atoms with Crippen LogP contribution in [0.25, 0.3) is 0 Å². The number of aliphatic hydroxyl groups is 1. The van der Waals surface area contributed by atoms with Crippen molar-refractivity contribution in [2.45, 2.75) is 39.2 Å². The van der Waals surface area contributed by atoms with Gasteiger partial charge in [0.2, 0.25) is 0 Å². The summed E-state index contributed by atoms with van der Waals surface area (Å²) in [5.41, 5.74) is 0.237. The van der Waals surface area contributed by atoms with Crippen molar-refractivity contribution in [1.82, 2.24) is 0 Å². The van der Waals surface area contributed by atoms with Crippen LogP contribution in [0.3, 0.4) is 0 Å². The third-order valence-corrected chi connectivity index (χ3v) is 3.14. The second-order valence-electron chi connectivity index (χ2n) is 4.64. The van der Waals surface area contributed by atoms with Gasteiger partial charge in [0.05, 0.1) is 5.60 Å². The lowest BCUT2D eigenvalue weighted by molar-refractivity contribution is 0.00560. The van der Waals surface area contributed by atoms with Gasteiger partial charge in [0.15, 0.2) is 0 Å². The first kappa shape index (κ1) is 12.1. The van der Waals surface area contributed by atoms with Gasteiger partial charge < -0.3 is 10.2 Å². The van der Waals surface area contributed by atoms with Gasteiger partial charge in [0.1, 0.15) is 5.75 Å². The van der Waals surface area contributed by atoms with Gasteiger partial charge in [-0.3, -0.25) is 0 Å². The van der Waals surface area contributed by atoms with Crippen molar-refractivity contribution in [3.05, 3.63) is 29.8 Å². The van der Waals surface area contributed by atoms with Gasteiger partial charge in [-0.25, -0.2) is 0 Å². The first-order valence-corrected chi connectivity index (χ1v) is 5.43. The first-order chi connectivity index (χ1) is 6.93. The van der Waals surface area contributed by atoms with Gasteiger partial charge in [-0.05, 0) is 37.3 Å². The Morgan fingerprint density at radius 2 is 1.87 bits per heavy atom. The van der Waals surface area contributed by atoms with Crippen LogP contribution >= 0.6 is 0 Å². The fourth-order valence-electron chi connectivity index (χ4n) is 1.40. The van der Waals surface area contributed by atoms with Crippen molar-refractivity contribution >= 4 is 0 Å².